The van der Waals surface area contributed by atoms with Gasteiger partial charge in [-0.3, -0.25) is 14.9 Å². The molecule has 2 aliphatic heterocycles. The average Bonchev–Trinajstić information content (AvgIpc) is 3.37. The minimum absolute atomic E-state index is 0.172. The van der Waals surface area contributed by atoms with Crippen molar-refractivity contribution in [3.05, 3.63) is 47.7 Å². The smallest absolute Gasteiger partial charge is 0.335 e. The van der Waals surface area contributed by atoms with E-state index in [4.69, 9.17) is 9.15 Å². The van der Waals surface area contributed by atoms with Gasteiger partial charge < -0.3 is 14.1 Å². The van der Waals surface area contributed by atoms with Crippen molar-refractivity contribution in [3.8, 4) is 5.75 Å². The van der Waals surface area contributed by atoms with Crippen LogP contribution in [0.1, 0.15) is 25.5 Å². The standard InChI is InChI=1S/C21H21N3O5/c1-2-28-15-7-5-6-14(12-15)24-20(26)17(19(25)22-21(24)27)13-16-8-9-18(29-16)23-10-3-4-11-23/h5-9,12-13H,2-4,10-11H2,1H3,(H,22,25,27)/b17-13+. The third-order valence-electron chi connectivity index (χ3n) is 4.81. The van der Waals surface area contributed by atoms with E-state index in [2.05, 4.69) is 10.2 Å². The normalized spacial score (nSPS) is 18.5. The van der Waals surface area contributed by atoms with Crippen LogP contribution in [0.25, 0.3) is 6.08 Å². The third-order valence-corrected chi connectivity index (χ3v) is 4.81. The van der Waals surface area contributed by atoms with E-state index in [0.717, 1.165) is 30.8 Å². The van der Waals surface area contributed by atoms with Crippen LogP contribution >= 0.6 is 0 Å². The minimum atomic E-state index is -0.803. The fourth-order valence-electron chi connectivity index (χ4n) is 3.44. The van der Waals surface area contributed by atoms with Gasteiger partial charge in [-0.25, -0.2) is 9.69 Å². The predicted octanol–water partition coefficient (Wildman–Crippen LogP) is 2.94. The van der Waals surface area contributed by atoms with E-state index >= 15 is 0 Å². The monoisotopic (exact) mass is 395 g/mol. The van der Waals surface area contributed by atoms with E-state index in [1.807, 2.05) is 13.0 Å². The molecule has 150 valence electrons. The summed E-state index contributed by atoms with van der Waals surface area (Å²) in [5.41, 5.74) is 0.141. The van der Waals surface area contributed by atoms with Gasteiger partial charge in [0.2, 0.25) is 0 Å². The van der Waals surface area contributed by atoms with Gasteiger partial charge in [0, 0.05) is 25.2 Å². The molecule has 29 heavy (non-hydrogen) atoms. The van der Waals surface area contributed by atoms with Gasteiger partial charge in [0.1, 0.15) is 17.1 Å². The summed E-state index contributed by atoms with van der Waals surface area (Å²) in [5, 5.41) is 2.21. The summed E-state index contributed by atoms with van der Waals surface area (Å²) in [4.78, 5) is 40.6. The number of benzene rings is 1. The number of imide groups is 2. The Bertz CT molecular complexity index is 988. The number of nitrogens with zero attached hydrogens (tertiary/aromatic N) is 2. The highest BCUT2D eigenvalue weighted by molar-refractivity contribution is 6.39. The van der Waals surface area contributed by atoms with Crippen molar-refractivity contribution in [3.63, 3.8) is 0 Å². The summed E-state index contributed by atoms with van der Waals surface area (Å²) in [6, 6.07) is 9.30. The first-order valence-electron chi connectivity index (χ1n) is 9.56. The van der Waals surface area contributed by atoms with Crippen LogP contribution in [0.3, 0.4) is 0 Å². The van der Waals surface area contributed by atoms with Crippen LogP contribution in [-0.4, -0.2) is 37.5 Å². The molecule has 2 aliphatic rings. The van der Waals surface area contributed by atoms with Gasteiger partial charge in [-0.05, 0) is 44.0 Å². The number of hydrogen-bond acceptors (Lipinski definition) is 6. The molecule has 2 fully saturated rings. The number of urea groups is 1. The van der Waals surface area contributed by atoms with Crippen LogP contribution in [0.15, 0.2) is 46.4 Å². The molecule has 1 aromatic heterocycles. The largest absolute Gasteiger partial charge is 0.494 e. The molecule has 4 amide bonds. The Kier molecular flexibility index (Phi) is 5.07. The maximum absolute atomic E-state index is 13.0. The summed E-state index contributed by atoms with van der Waals surface area (Å²) >= 11 is 0. The maximum Gasteiger partial charge on any atom is 0.335 e. The Morgan fingerprint density at radius 2 is 1.93 bits per heavy atom. The first-order chi connectivity index (χ1) is 14.1. The molecule has 2 aromatic rings. The molecule has 0 unspecified atom stereocenters. The van der Waals surface area contributed by atoms with Crippen molar-refractivity contribution in [1.29, 1.82) is 0 Å². The van der Waals surface area contributed by atoms with Gasteiger partial charge in [-0.15, -0.1) is 0 Å². The van der Waals surface area contributed by atoms with Gasteiger partial charge in [0.05, 0.1) is 12.3 Å². The van der Waals surface area contributed by atoms with Gasteiger partial charge in [-0.2, -0.15) is 0 Å². The molecular formula is C21H21N3O5. The van der Waals surface area contributed by atoms with Crippen LogP contribution in [0.5, 0.6) is 5.75 Å². The topological polar surface area (TPSA) is 92.1 Å². The lowest BCUT2D eigenvalue weighted by molar-refractivity contribution is -0.122. The second-order valence-corrected chi connectivity index (χ2v) is 6.76. The zero-order valence-electron chi connectivity index (χ0n) is 16.0. The van der Waals surface area contributed by atoms with Crippen molar-refractivity contribution in [1.82, 2.24) is 5.32 Å². The second kappa shape index (κ2) is 7.83. The molecule has 3 heterocycles. The van der Waals surface area contributed by atoms with E-state index in [-0.39, 0.29) is 5.57 Å². The average molecular weight is 395 g/mol. The van der Waals surface area contributed by atoms with Crippen LogP contribution in [0, 0.1) is 0 Å². The van der Waals surface area contributed by atoms with Crippen molar-refractivity contribution in [2.75, 3.05) is 29.5 Å². The summed E-state index contributed by atoms with van der Waals surface area (Å²) in [7, 11) is 0. The Morgan fingerprint density at radius 3 is 2.69 bits per heavy atom. The molecular weight excluding hydrogens is 374 g/mol. The second-order valence-electron chi connectivity index (χ2n) is 6.76. The molecule has 1 aromatic carbocycles. The third kappa shape index (κ3) is 3.73. The predicted molar refractivity (Wildman–Crippen MR) is 107 cm³/mol. The van der Waals surface area contributed by atoms with E-state index in [1.54, 1.807) is 30.3 Å². The number of nitrogens with one attached hydrogen (secondary N) is 1. The van der Waals surface area contributed by atoms with Gasteiger partial charge >= 0.3 is 6.03 Å². The van der Waals surface area contributed by atoms with Crippen molar-refractivity contribution >= 4 is 35.5 Å². The number of barbiturate groups is 1. The maximum atomic E-state index is 13.0. The molecule has 0 aliphatic carbocycles. The van der Waals surface area contributed by atoms with Crippen LogP contribution < -0.4 is 19.9 Å². The highest BCUT2D eigenvalue weighted by Crippen LogP contribution is 2.27. The number of hydrogen-bond donors (Lipinski definition) is 1. The molecule has 4 rings (SSSR count). The summed E-state index contributed by atoms with van der Waals surface area (Å²) in [6.07, 6.45) is 3.58. The van der Waals surface area contributed by atoms with Crippen LogP contribution in [0.2, 0.25) is 0 Å². The molecule has 8 heteroatoms. The first kappa shape index (κ1) is 18.8. The zero-order valence-corrected chi connectivity index (χ0v) is 16.0. The van der Waals surface area contributed by atoms with Gasteiger partial charge in [-0.1, -0.05) is 6.07 Å². The summed E-state index contributed by atoms with van der Waals surface area (Å²) in [5.74, 6) is 0.135. The summed E-state index contributed by atoms with van der Waals surface area (Å²) < 4.78 is 11.2. The number of carbonyl (C=O) groups is 3. The number of ether oxygens (including phenoxy) is 1. The lowest BCUT2D eigenvalue weighted by atomic mass is 10.1. The number of furan rings is 1. The molecule has 0 atom stereocenters. The van der Waals surface area contributed by atoms with E-state index in [0.29, 0.717) is 29.7 Å². The van der Waals surface area contributed by atoms with E-state index in [1.165, 1.54) is 6.08 Å². The number of rotatable bonds is 5. The Labute approximate surface area is 167 Å². The van der Waals surface area contributed by atoms with E-state index in [9.17, 15) is 14.4 Å². The van der Waals surface area contributed by atoms with E-state index < -0.39 is 17.8 Å². The lowest BCUT2D eigenvalue weighted by Gasteiger charge is -2.26. The van der Waals surface area contributed by atoms with Gasteiger partial charge in [0.25, 0.3) is 11.8 Å². The van der Waals surface area contributed by atoms with Gasteiger partial charge in [0.15, 0.2) is 5.88 Å². The number of carbonyl (C=O) groups excluding carboxylic acids is 3. The lowest BCUT2D eigenvalue weighted by Crippen LogP contribution is -2.54. The highest BCUT2D eigenvalue weighted by atomic mass is 16.5. The SMILES string of the molecule is CCOc1cccc(N2C(=O)NC(=O)/C(=C\c3ccc(N4CCCC4)o3)C2=O)c1. The summed E-state index contributed by atoms with van der Waals surface area (Å²) in [6.45, 7) is 4.12. The molecule has 1 N–H and O–H groups in total. The molecule has 0 saturated carbocycles. The Morgan fingerprint density at radius 1 is 1.14 bits per heavy atom. The number of amides is 4. The molecule has 8 nitrogen and oxygen atoms in total. The molecule has 2 saturated heterocycles. The molecule has 0 bridgehead atoms. The highest BCUT2D eigenvalue weighted by Gasteiger charge is 2.37. The van der Waals surface area contributed by atoms with Crippen molar-refractivity contribution < 1.29 is 23.5 Å². The molecule has 0 spiro atoms. The van der Waals surface area contributed by atoms with Crippen molar-refractivity contribution in [2.45, 2.75) is 19.8 Å². The number of anilines is 2. The Balaban J connectivity index is 1.63. The Hall–Kier alpha value is -3.55. The van der Waals surface area contributed by atoms with Crippen LogP contribution in [-0.2, 0) is 9.59 Å². The molecule has 0 radical (unpaired) electrons. The first-order valence-corrected chi connectivity index (χ1v) is 9.56. The van der Waals surface area contributed by atoms with Crippen LogP contribution in [0.4, 0.5) is 16.4 Å². The zero-order chi connectivity index (χ0) is 20.4. The quantitative estimate of drug-likeness (QED) is 0.618. The fourth-order valence-corrected chi connectivity index (χ4v) is 3.44. The minimum Gasteiger partial charge on any atom is -0.494 e. The fraction of sp³-hybridized carbons (Fsp3) is 0.286. The van der Waals surface area contributed by atoms with Crippen molar-refractivity contribution in [2.24, 2.45) is 0 Å².